The number of piperidine rings is 3. The Kier molecular flexibility index (Phi) is 24.8. The van der Waals surface area contributed by atoms with Gasteiger partial charge in [-0.1, -0.05) is 50.1 Å². The molecule has 5 aliphatic heterocycles. The van der Waals surface area contributed by atoms with Gasteiger partial charge < -0.3 is 78.8 Å². The van der Waals surface area contributed by atoms with Gasteiger partial charge in [-0.2, -0.15) is 0 Å². The summed E-state index contributed by atoms with van der Waals surface area (Å²) in [6.45, 7) is 2.92. The molecule has 6 aromatic rings. The minimum Gasteiger partial charge on any atom is -0.484 e. The molecule has 6 N–H and O–H groups in total. The zero-order valence-electron chi connectivity index (χ0n) is 52.9. The first-order valence-electron chi connectivity index (χ1n) is 31.3. The first-order valence-corrected chi connectivity index (χ1v) is 32.4. The minimum atomic E-state index is -4.71. The number of halogens is 12. The van der Waals surface area contributed by atoms with Gasteiger partial charge in [-0.3, -0.25) is 23.9 Å². The van der Waals surface area contributed by atoms with Gasteiger partial charge in [0.2, 0.25) is 17.7 Å². The van der Waals surface area contributed by atoms with Gasteiger partial charge in [-0.25, -0.2) is 13.2 Å². The second-order valence-corrected chi connectivity index (χ2v) is 25.4. The summed E-state index contributed by atoms with van der Waals surface area (Å²) in [6.07, 6.45) is -2.43. The fraction of sp³-hybridized carbons (Fsp3) is 0.550. The molecule has 1 saturated carbocycles. The van der Waals surface area contributed by atoms with Gasteiger partial charge in [0.25, 0.3) is 17.7 Å². The van der Waals surface area contributed by atoms with Crippen LogP contribution in [0.5, 0.6) is 17.2 Å². The lowest BCUT2D eigenvalue weighted by Crippen LogP contribution is -2.63. The highest BCUT2D eigenvalue weighted by molar-refractivity contribution is 6.31. The molecule has 6 aliphatic rings. The summed E-state index contributed by atoms with van der Waals surface area (Å²) in [7, 11) is 1.51. The predicted molar refractivity (Wildman–Crippen MR) is 332 cm³/mol. The first-order chi connectivity index (χ1) is 47.1. The maximum atomic E-state index is 13.4. The van der Waals surface area contributed by atoms with Crippen molar-refractivity contribution in [1.82, 2.24) is 62.5 Å². The van der Waals surface area contributed by atoms with Crippen molar-refractivity contribution in [2.24, 2.45) is 0 Å². The minimum absolute atomic E-state index is 0.00895. The highest BCUT2D eigenvalue weighted by Crippen LogP contribution is 2.37. The molecule has 3 aromatic heterocycles. The second kappa shape index (κ2) is 33.2. The molecule has 0 unspecified atom stereocenters. The third-order valence-electron chi connectivity index (χ3n) is 16.0. The van der Waals surface area contributed by atoms with Crippen LogP contribution in [0.3, 0.4) is 0 Å². The number of hydrogen-bond donors (Lipinski definition) is 6. The van der Waals surface area contributed by atoms with E-state index in [-0.39, 0.29) is 144 Å². The number of carbonyl (C=O) groups is 3. The van der Waals surface area contributed by atoms with Crippen LogP contribution in [0.4, 0.5) is 57.6 Å². The Morgan fingerprint density at radius 2 is 0.970 bits per heavy atom. The van der Waals surface area contributed by atoms with Crippen molar-refractivity contribution in [3.63, 3.8) is 0 Å². The molecule has 12 rings (SSSR count). The van der Waals surface area contributed by atoms with Crippen molar-refractivity contribution < 1.29 is 95.6 Å². The second-order valence-electron chi connectivity index (χ2n) is 24.2. The first kappa shape index (κ1) is 74.0. The van der Waals surface area contributed by atoms with Crippen LogP contribution in [0.2, 0.25) is 15.1 Å². The average molecular weight is 1470 g/mol. The number of amides is 3. The summed E-state index contributed by atoms with van der Waals surface area (Å²) in [5, 5.41) is 42.3. The topological polar surface area (TPSA) is 305 Å². The van der Waals surface area contributed by atoms with Crippen molar-refractivity contribution in [2.75, 3.05) is 101 Å². The summed E-state index contributed by atoms with van der Waals surface area (Å²) in [5.41, 5.74) is -1.35. The van der Waals surface area contributed by atoms with Crippen LogP contribution in [-0.4, -0.2) is 183 Å². The van der Waals surface area contributed by atoms with E-state index < -0.39 is 42.4 Å². The quantitative estimate of drug-likeness (QED) is 0.0313. The Morgan fingerprint density at radius 1 is 0.566 bits per heavy atom. The van der Waals surface area contributed by atoms with Gasteiger partial charge in [-0.15, -0.1) is 41.6 Å². The smallest absolute Gasteiger partial charge is 0.484 e. The number of benzene rings is 3. The molecule has 540 valence electrons. The van der Waals surface area contributed by atoms with Crippen LogP contribution in [0, 0.1) is 17.5 Å². The van der Waals surface area contributed by atoms with Gasteiger partial charge in [-0.05, 0) is 94.7 Å². The number of nitrogens with one attached hydrogen (secondary N) is 6. The van der Waals surface area contributed by atoms with E-state index in [1.807, 2.05) is 4.90 Å². The SMILES string of the molecule is CC1(OC(F)(F)F)CN(c2nnc([C@H]3CC[C@H](NC(=O)COc4ccc(Cl)c(F)c4)CN3)o2)C1.CN(CCOC(F)(F)F)c1nnc([C@H]2CC[C@H](NC(=O)COc3ccc(Cl)c(F)c3)CN2)o1.O=C(COc1ccc(Cl)c(F)c1)N[C@H]1CC[C@H](c2nnc(N3CC(OC4CC4)C3)o2)NC1. The lowest BCUT2D eigenvalue weighted by molar-refractivity contribution is -0.367. The standard InChI is InChI=1S/C21H25ClFN5O4.C20H22ClF4N5O4.C19H22ClF4N5O4/c22-16-5-4-14(7-17(16)23)30-11-19(29)25-12-1-6-18(24-8-12)20-26-27-21(32-20)28-9-15(10-28)31-13-2-3-13;1-19(34-20(23,24)25)9-30(10-19)18-29-28-17(33-18)15-5-2-11(7-26-15)27-16(31)8-32-12-3-4-13(21)14(22)6-12;1-29(6-7-32-19(22,23)24)18-28-27-17(33-18)15-5-2-11(9-25-15)26-16(30)10-31-12-3-4-13(20)14(21)8-12/h4-5,7,12-13,15,18,24H,1-3,6,8-11H2,(H,25,29);3-4,6,11,15,26H,2,5,7-10H2,1H3,(H,27,31);3-4,8,11,15,25H,2,5-7,9-10H2,1H3,(H,26,30)/t12-,18+;2*11-,15+/m000/s1. The molecule has 3 aromatic carbocycles. The maximum Gasteiger partial charge on any atom is 0.523 e. The Bertz CT molecular complexity index is 3660. The van der Waals surface area contributed by atoms with E-state index in [0.717, 1.165) is 44.1 Å². The molecule has 6 atom stereocenters. The van der Waals surface area contributed by atoms with Crippen molar-refractivity contribution in [1.29, 1.82) is 0 Å². The Morgan fingerprint density at radius 3 is 1.34 bits per heavy atom. The lowest BCUT2D eigenvalue weighted by Gasteiger charge is -2.46. The number of alkyl halides is 6. The van der Waals surface area contributed by atoms with E-state index in [0.29, 0.717) is 75.1 Å². The highest BCUT2D eigenvalue weighted by Gasteiger charge is 2.50. The van der Waals surface area contributed by atoms with Crippen molar-refractivity contribution in [2.45, 2.75) is 125 Å². The summed E-state index contributed by atoms with van der Waals surface area (Å²) in [5.74, 6) is -1.04. The van der Waals surface area contributed by atoms with Gasteiger partial charge in [0, 0.05) is 69.6 Å². The number of rotatable bonds is 24. The number of anilines is 3. The van der Waals surface area contributed by atoms with E-state index in [1.165, 1.54) is 73.0 Å². The summed E-state index contributed by atoms with van der Waals surface area (Å²) in [4.78, 5) is 41.3. The molecule has 6 fully saturated rings. The van der Waals surface area contributed by atoms with Gasteiger partial charge in [0.1, 0.15) is 40.3 Å². The molecule has 99 heavy (non-hydrogen) atoms. The third kappa shape index (κ3) is 22.4. The van der Waals surface area contributed by atoms with Crippen molar-refractivity contribution >= 4 is 70.6 Å². The Balaban J connectivity index is 0.000000161. The van der Waals surface area contributed by atoms with E-state index in [4.69, 9.17) is 67.0 Å². The van der Waals surface area contributed by atoms with Crippen LogP contribution in [0.15, 0.2) is 67.8 Å². The number of likely N-dealkylation sites (N-methyl/N-ethyl adjacent to an activating group) is 1. The fourth-order valence-electron chi connectivity index (χ4n) is 10.8. The normalized spacial score (nSPS) is 21.5. The summed E-state index contributed by atoms with van der Waals surface area (Å²) in [6, 6.07) is 11.7. The summed E-state index contributed by atoms with van der Waals surface area (Å²) < 4.78 is 160. The average Bonchev–Trinajstić information content (AvgIpc) is 1.76. The third-order valence-corrected chi connectivity index (χ3v) is 17.0. The number of hydrogen-bond acceptors (Lipinski definition) is 24. The molecule has 8 heterocycles. The molecular weight excluding hydrogens is 1400 g/mol. The summed E-state index contributed by atoms with van der Waals surface area (Å²) >= 11 is 16.9. The fourth-order valence-corrected chi connectivity index (χ4v) is 11.2. The van der Waals surface area contributed by atoms with E-state index >= 15 is 0 Å². The zero-order chi connectivity index (χ0) is 70.6. The van der Waals surface area contributed by atoms with E-state index in [2.05, 4.69) is 72.0 Å². The van der Waals surface area contributed by atoms with Crippen molar-refractivity contribution in [3.05, 3.63) is 105 Å². The largest absolute Gasteiger partial charge is 0.523 e. The van der Waals surface area contributed by atoms with Crippen LogP contribution in [-0.2, 0) is 28.6 Å². The Labute approximate surface area is 574 Å². The van der Waals surface area contributed by atoms with Crippen LogP contribution in [0.25, 0.3) is 0 Å². The number of aromatic nitrogens is 6. The lowest BCUT2D eigenvalue weighted by atomic mass is 9.97. The molecule has 0 radical (unpaired) electrons. The van der Waals surface area contributed by atoms with Crippen LogP contribution in [0.1, 0.15) is 94.1 Å². The molecule has 0 spiro atoms. The van der Waals surface area contributed by atoms with Gasteiger partial charge in [0.05, 0.1) is 78.2 Å². The molecule has 0 bridgehead atoms. The predicted octanol–water partition coefficient (Wildman–Crippen LogP) is 8.01. The number of ether oxygens (including phenoxy) is 6. The molecule has 1 aliphatic carbocycles. The van der Waals surface area contributed by atoms with Crippen LogP contribution < -0.4 is 60.8 Å². The Hall–Kier alpha value is -7.71. The molecule has 5 saturated heterocycles. The number of nitrogens with zero attached hydrogens (tertiary/aromatic N) is 9. The van der Waals surface area contributed by atoms with Crippen LogP contribution >= 0.6 is 34.8 Å². The number of carbonyl (C=O) groups excluding carboxylic acids is 3. The monoisotopic (exact) mass is 1470 g/mol. The van der Waals surface area contributed by atoms with Gasteiger partial charge >= 0.3 is 30.8 Å². The van der Waals surface area contributed by atoms with E-state index in [1.54, 1.807) is 0 Å². The molecule has 39 heteroatoms. The molecule has 27 nitrogen and oxygen atoms in total. The van der Waals surface area contributed by atoms with Crippen molar-refractivity contribution in [3.8, 4) is 17.2 Å². The highest BCUT2D eigenvalue weighted by atomic mass is 35.5. The van der Waals surface area contributed by atoms with Gasteiger partial charge in [0.15, 0.2) is 19.8 Å². The molecule has 3 amide bonds. The molecular formula is C60H69Cl3F9N15O12. The maximum absolute atomic E-state index is 13.4. The van der Waals surface area contributed by atoms with E-state index in [9.17, 15) is 53.9 Å². The zero-order valence-corrected chi connectivity index (χ0v) is 55.2.